The van der Waals surface area contributed by atoms with Gasteiger partial charge in [0.25, 0.3) is 0 Å². The van der Waals surface area contributed by atoms with E-state index in [1.54, 1.807) is 24.4 Å². The van der Waals surface area contributed by atoms with Crippen LogP contribution in [0.5, 0.6) is 0 Å². The molecule has 8 heteroatoms. The first kappa shape index (κ1) is 15.8. The molecular weight excluding hydrogens is 311 g/mol. The second-order valence-electron chi connectivity index (χ2n) is 4.68. The summed E-state index contributed by atoms with van der Waals surface area (Å²) in [5.74, 6) is 1.03. The molecule has 1 heterocycles. The molecule has 0 aliphatic carbocycles. The number of benzene rings is 1. The number of nitrogens with one attached hydrogen (secondary N) is 2. The SMILES string of the molecule is CN(C)CCNc1cnnc(Nc2cc(Cl)cc(Cl)c2)n1. The van der Waals surface area contributed by atoms with Crippen molar-refractivity contribution in [2.24, 2.45) is 0 Å². The molecule has 2 N–H and O–H groups in total. The molecule has 6 nitrogen and oxygen atoms in total. The predicted octanol–water partition coefficient (Wildman–Crippen LogP) is 2.90. The van der Waals surface area contributed by atoms with Crippen LogP contribution in [0.25, 0.3) is 0 Å². The summed E-state index contributed by atoms with van der Waals surface area (Å²) in [4.78, 5) is 6.40. The number of rotatable bonds is 6. The number of hydrogen-bond acceptors (Lipinski definition) is 6. The van der Waals surface area contributed by atoms with Crippen LogP contribution in [0.1, 0.15) is 0 Å². The number of hydrogen-bond donors (Lipinski definition) is 2. The van der Waals surface area contributed by atoms with Crippen LogP contribution in [0.4, 0.5) is 17.5 Å². The zero-order valence-electron chi connectivity index (χ0n) is 11.8. The predicted molar refractivity (Wildman–Crippen MR) is 86.6 cm³/mol. The molecule has 0 spiro atoms. The van der Waals surface area contributed by atoms with Gasteiger partial charge < -0.3 is 15.5 Å². The third-order valence-electron chi connectivity index (χ3n) is 2.54. The van der Waals surface area contributed by atoms with Gasteiger partial charge in [-0.1, -0.05) is 23.2 Å². The van der Waals surface area contributed by atoms with Crippen LogP contribution in [0, 0.1) is 0 Å². The van der Waals surface area contributed by atoms with Crippen LogP contribution in [-0.4, -0.2) is 47.3 Å². The van der Waals surface area contributed by atoms with Crippen molar-refractivity contribution in [2.45, 2.75) is 0 Å². The molecule has 2 rings (SSSR count). The van der Waals surface area contributed by atoms with Crippen molar-refractivity contribution in [3.63, 3.8) is 0 Å². The standard InChI is InChI=1S/C13H16Cl2N6/c1-21(2)4-3-16-12-8-17-20-13(19-12)18-11-6-9(14)5-10(15)7-11/h5-8H,3-4H2,1-2H3,(H2,16,18,19,20). The first-order valence-electron chi connectivity index (χ1n) is 6.34. The third-order valence-corrected chi connectivity index (χ3v) is 2.98. The average molecular weight is 327 g/mol. The number of halogens is 2. The van der Waals surface area contributed by atoms with Gasteiger partial charge in [-0.2, -0.15) is 10.1 Å². The Labute approximate surface area is 133 Å². The maximum atomic E-state index is 5.95. The lowest BCUT2D eigenvalue weighted by molar-refractivity contribution is 0.425. The Morgan fingerprint density at radius 3 is 2.52 bits per heavy atom. The second kappa shape index (κ2) is 7.40. The number of nitrogens with zero attached hydrogens (tertiary/aromatic N) is 4. The lowest BCUT2D eigenvalue weighted by Crippen LogP contribution is -2.21. The lowest BCUT2D eigenvalue weighted by atomic mass is 10.3. The molecule has 21 heavy (non-hydrogen) atoms. The minimum Gasteiger partial charge on any atom is -0.367 e. The van der Waals surface area contributed by atoms with Crippen molar-refractivity contribution in [1.29, 1.82) is 0 Å². The van der Waals surface area contributed by atoms with Gasteiger partial charge in [-0.25, -0.2) is 0 Å². The highest BCUT2D eigenvalue weighted by Crippen LogP contribution is 2.24. The maximum absolute atomic E-state index is 5.95. The summed E-state index contributed by atoms with van der Waals surface area (Å²) in [5, 5.41) is 15.1. The minimum atomic E-state index is 0.378. The molecule has 0 amide bonds. The molecule has 0 aliphatic rings. The summed E-state index contributed by atoms with van der Waals surface area (Å²) in [5.41, 5.74) is 0.708. The van der Waals surface area contributed by atoms with Gasteiger partial charge in [0.05, 0.1) is 6.20 Å². The van der Waals surface area contributed by atoms with Crippen LogP contribution >= 0.6 is 23.2 Å². The van der Waals surface area contributed by atoms with E-state index in [0.29, 0.717) is 27.5 Å². The zero-order chi connectivity index (χ0) is 15.2. The van der Waals surface area contributed by atoms with Gasteiger partial charge in [-0.05, 0) is 32.3 Å². The largest absolute Gasteiger partial charge is 0.367 e. The first-order valence-corrected chi connectivity index (χ1v) is 7.10. The van der Waals surface area contributed by atoms with Crippen LogP contribution in [0.2, 0.25) is 10.0 Å². The molecule has 0 unspecified atom stereocenters. The highest BCUT2D eigenvalue weighted by atomic mass is 35.5. The number of anilines is 3. The fraction of sp³-hybridized carbons (Fsp3) is 0.308. The smallest absolute Gasteiger partial charge is 0.249 e. The number of aromatic nitrogens is 3. The molecular formula is C13H16Cl2N6. The van der Waals surface area contributed by atoms with Crippen molar-refractivity contribution in [3.8, 4) is 0 Å². The molecule has 0 radical (unpaired) electrons. The van der Waals surface area contributed by atoms with E-state index in [1.807, 2.05) is 14.1 Å². The van der Waals surface area contributed by atoms with E-state index >= 15 is 0 Å². The topological polar surface area (TPSA) is 66.0 Å². The normalized spacial score (nSPS) is 10.7. The highest BCUT2D eigenvalue weighted by Gasteiger charge is 2.03. The van der Waals surface area contributed by atoms with Gasteiger partial charge in [0.15, 0.2) is 5.82 Å². The summed E-state index contributed by atoms with van der Waals surface area (Å²) in [7, 11) is 4.02. The molecule has 112 valence electrons. The van der Waals surface area contributed by atoms with E-state index in [0.717, 1.165) is 13.1 Å². The highest BCUT2D eigenvalue weighted by molar-refractivity contribution is 6.35. The Bertz CT molecular complexity index is 585. The van der Waals surface area contributed by atoms with E-state index in [9.17, 15) is 0 Å². The van der Waals surface area contributed by atoms with Crippen LogP contribution in [-0.2, 0) is 0 Å². The molecule has 0 fully saturated rings. The number of likely N-dealkylation sites (N-methyl/N-ethyl adjacent to an activating group) is 1. The molecule has 0 aliphatic heterocycles. The van der Waals surface area contributed by atoms with Gasteiger partial charge in [-0.15, -0.1) is 5.10 Å². The fourth-order valence-corrected chi connectivity index (χ4v) is 2.13. The van der Waals surface area contributed by atoms with Crippen LogP contribution in [0.15, 0.2) is 24.4 Å². The quantitative estimate of drug-likeness (QED) is 0.850. The molecule has 1 aromatic heterocycles. The summed E-state index contributed by atoms with van der Waals surface area (Å²) < 4.78 is 0. The molecule has 0 atom stereocenters. The molecule has 0 saturated heterocycles. The minimum absolute atomic E-state index is 0.378. The van der Waals surface area contributed by atoms with Crippen LogP contribution in [0.3, 0.4) is 0 Å². The Morgan fingerprint density at radius 1 is 1.14 bits per heavy atom. The molecule has 0 saturated carbocycles. The molecule has 1 aromatic carbocycles. The Kier molecular flexibility index (Phi) is 5.55. The summed E-state index contributed by atoms with van der Waals surface area (Å²) >= 11 is 11.9. The summed E-state index contributed by atoms with van der Waals surface area (Å²) in [6.07, 6.45) is 1.58. The maximum Gasteiger partial charge on any atom is 0.249 e. The van der Waals surface area contributed by atoms with Gasteiger partial charge in [0.1, 0.15) is 0 Å². The van der Waals surface area contributed by atoms with E-state index < -0.39 is 0 Å². The monoisotopic (exact) mass is 326 g/mol. The van der Waals surface area contributed by atoms with Crippen molar-refractivity contribution in [1.82, 2.24) is 20.1 Å². The van der Waals surface area contributed by atoms with E-state index in [-0.39, 0.29) is 0 Å². The van der Waals surface area contributed by atoms with Gasteiger partial charge in [0, 0.05) is 28.8 Å². The zero-order valence-corrected chi connectivity index (χ0v) is 13.3. The summed E-state index contributed by atoms with van der Waals surface area (Å²) in [6.45, 7) is 1.67. The summed E-state index contributed by atoms with van der Waals surface area (Å²) in [6, 6.07) is 5.14. The van der Waals surface area contributed by atoms with E-state index in [2.05, 4.69) is 30.7 Å². The lowest BCUT2D eigenvalue weighted by Gasteiger charge is -2.11. The van der Waals surface area contributed by atoms with Gasteiger partial charge >= 0.3 is 0 Å². The third kappa shape index (κ3) is 5.34. The molecule has 0 bridgehead atoms. The van der Waals surface area contributed by atoms with Crippen LogP contribution < -0.4 is 10.6 Å². The van der Waals surface area contributed by atoms with Gasteiger partial charge in [-0.3, -0.25) is 0 Å². The van der Waals surface area contributed by atoms with Crippen molar-refractivity contribution >= 4 is 40.7 Å². The van der Waals surface area contributed by atoms with Gasteiger partial charge in [0.2, 0.25) is 5.95 Å². The van der Waals surface area contributed by atoms with Crippen molar-refractivity contribution < 1.29 is 0 Å². The second-order valence-corrected chi connectivity index (χ2v) is 5.55. The first-order chi connectivity index (χ1) is 10.0. The Morgan fingerprint density at radius 2 is 1.86 bits per heavy atom. The van der Waals surface area contributed by atoms with Crippen molar-refractivity contribution in [3.05, 3.63) is 34.4 Å². The fourth-order valence-electron chi connectivity index (χ4n) is 1.60. The van der Waals surface area contributed by atoms with Crippen molar-refractivity contribution in [2.75, 3.05) is 37.8 Å². The van der Waals surface area contributed by atoms with E-state index in [4.69, 9.17) is 23.2 Å². The average Bonchev–Trinajstić information content (AvgIpc) is 2.37. The van der Waals surface area contributed by atoms with E-state index in [1.165, 1.54) is 0 Å². The Hall–Kier alpha value is -1.63. The molecule has 2 aromatic rings. The Balaban J connectivity index is 2.03.